The highest BCUT2D eigenvalue weighted by atomic mass is 31.2. The Morgan fingerprint density at radius 3 is 1.76 bits per heavy atom. The largest absolute Gasteiger partial charge is 0.472 e. The van der Waals surface area contributed by atoms with Gasteiger partial charge in [-0.1, -0.05) is 122 Å². The third-order valence-electron chi connectivity index (χ3n) is 7.27. The highest BCUT2D eigenvalue weighted by molar-refractivity contribution is 7.47. The first-order valence-corrected chi connectivity index (χ1v) is 18.5. The van der Waals surface area contributed by atoms with Crippen LogP contribution in [-0.4, -0.2) is 47.8 Å². The molecule has 3 unspecified atom stereocenters. The molecule has 0 bridgehead atoms. The van der Waals surface area contributed by atoms with Gasteiger partial charge in [0.25, 0.3) is 0 Å². The molecular weight excluding hydrogens is 551 g/mol. The molecule has 1 amide bonds. The Bertz CT molecular complexity index is 719. The maximum Gasteiger partial charge on any atom is 0.472 e. The molecule has 5 N–H and O–H groups in total. The summed E-state index contributed by atoms with van der Waals surface area (Å²) in [6.45, 7) is 4.06. The average Bonchev–Trinajstić information content (AvgIpc) is 2.97. The highest BCUT2D eigenvalue weighted by Gasteiger charge is 2.26. The summed E-state index contributed by atoms with van der Waals surface area (Å²) < 4.78 is 21.9. The summed E-state index contributed by atoms with van der Waals surface area (Å²) in [6.07, 6.45) is 30.8. The number of carbonyl (C=O) groups is 1. The van der Waals surface area contributed by atoms with Crippen LogP contribution in [0.4, 0.5) is 0 Å². The maximum atomic E-state index is 12.6. The van der Waals surface area contributed by atoms with Crippen molar-refractivity contribution < 1.29 is 28.4 Å². The van der Waals surface area contributed by atoms with Crippen LogP contribution in [-0.2, 0) is 18.4 Å². The molecule has 0 rings (SSSR count). The number of carbonyl (C=O) groups excluding carboxylic acids is 1. The molecule has 8 nitrogen and oxygen atoms in total. The Hall–Kier alpha value is -1.02. The van der Waals surface area contributed by atoms with Crippen molar-refractivity contribution >= 4 is 13.7 Å². The second-order valence-corrected chi connectivity index (χ2v) is 12.8. The van der Waals surface area contributed by atoms with Crippen molar-refractivity contribution in [3.05, 3.63) is 24.3 Å². The third kappa shape index (κ3) is 27.8. The van der Waals surface area contributed by atoms with Gasteiger partial charge < -0.3 is 21.1 Å². The molecule has 0 aliphatic rings. The number of nitrogens with one attached hydrogen (secondary N) is 1. The Morgan fingerprint density at radius 2 is 1.24 bits per heavy atom. The van der Waals surface area contributed by atoms with Crippen LogP contribution >= 0.6 is 7.82 Å². The Balaban J connectivity index is 4.37. The van der Waals surface area contributed by atoms with Crippen LogP contribution in [0.15, 0.2) is 24.3 Å². The minimum atomic E-state index is -4.32. The summed E-state index contributed by atoms with van der Waals surface area (Å²) in [5.74, 6) is -0.208. The number of aliphatic hydroxyl groups excluding tert-OH is 1. The van der Waals surface area contributed by atoms with Gasteiger partial charge in [0.15, 0.2) is 0 Å². The number of unbranched alkanes of at least 4 members (excludes halogenated alkanes) is 17. The third-order valence-corrected chi connectivity index (χ3v) is 8.26. The first-order valence-electron chi connectivity index (χ1n) is 17.0. The van der Waals surface area contributed by atoms with E-state index in [0.29, 0.717) is 6.42 Å². The number of hydrogen-bond acceptors (Lipinski definition) is 6. The van der Waals surface area contributed by atoms with E-state index in [1.165, 1.54) is 77.0 Å². The number of hydrogen-bond donors (Lipinski definition) is 4. The van der Waals surface area contributed by atoms with Gasteiger partial charge in [-0.15, -0.1) is 0 Å². The summed E-state index contributed by atoms with van der Waals surface area (Å²) in [4.78, 5) is 22.4. The Labute approximate surface area is 257 Å². The van der Waals surface area contributed by atoms with Gasteiger partial charge in [-0.2, -0.15) is 0 Å². The number of allylic oxidation sites excluding steroid dienone is 3. The van der Waals surface area contributed by atoms with E-state index in [1.807, 2.05) is 6.08 Å². The SMILES string of the molecule is CCCCCCC/C=C\CCCCCCCC(=O)NC(COP(=O)(O)OCCN)C(O)/C=C/CCCCCCCCC. The second-order valence-electron chi connectivity index (χ2n) is 11.4. The zero-order valence-corrected chi connectivity index (χ0v) is 27.9. The average molecular weight is 617 g/mol. The van der Waals surface area contributed by atoms with Gasteiger partial charge in [-0.05, 0) is 44.9 Å². The topological polar surface area (TPSA) is 131 Å². The molecule has 0 saturated carbocycles. The van der Waals surface area contributed by atoms with E-state index in [4.69, 9.17) is 14.8 Å². The zero-order chi connectivity index (χ0) is 31.2. The summed E-state index contributed by atoms with van der Waals surface area (Å²) >= 11 is 0. The van der Waals surface area contributed by atoms with E-state index in [1.54, 1.807) is 6.08 Å². The van der Waals surface area contributed by atoms with Crippen LogP contribution in [0.3, 0.4) is 0 Å². The molecule has 248 valence electrons. The number of rotatable bonds is 31. The molecule has 0 aromatic heterocycles. The number of phosphoric acid groups is 1. The molecule has 0 aliphatic heterocycles. The molecule has 0 saturated heterocycles. The summed E-state index contributed by atoms with van der Waals surface area (Å²) in [6, 6.07) is -0.858. The van der Waals surface area contributed by atoms with E-state index in [9.17, 15) is 19.4 Å². The first-order chi connectivity index (χ1) is 20.4. The highest BCUT2D eigenvalue weighted by Crippen LogP contribution is 2.43. The summed E-state index contributed by atoms with van der Waals surface area (Å²) in [5, 5.41) is 13.5. The maximum absolute atomic E-state index is 12.6. The molecule has 0 aromatic carbocycles. The van der Waals surface area contributed by atoms with Gasteiger partial charge in [0.05, 0.1) is 25.4 Å². The predicted octanol–water partition coefficient (Wildman–Crippen LogP) is 8.27. The van der Waals surface area contributed by atoms with E-state index >= 15 is 0 Å². The van der Waals surface area contributed by atoms with Crippen molar-refractivity contribution in [1.29, 1.82) is 0 Å². The van der Waals surface area contributed by atoms with Gasteiger partial charge in [0.1, 0.15) is 0 Å². The lowest BCUT2D eigenvalue weighted by Gasteiger charge is -2.23. The lowest BCUT2D eigenvalue weighted by Crippen LogP contribution is -2.45. The minimum Gasteiger partial charge on any atom is -0.387 e. The number of amides is 1. The normalized spacial score (nSPS) is 14.9. The van der Waals surface area contributed by atoms with Gasteiger partial charge in [0.2, 0.25) is 5.91 Å². The molecule has 0 heterocycles. The molecule has 0 radical (unpaired) electrons. The molecule has 42 heavy (non-hydrogen) atoms. The van der Waals surface area contributed by atoms with Crippen molar-refractivity contribution in [2.45, 2.75) is 161 Å². The second kappa shape index (κ2) is 30.0. The number of phosphoric ester groups is 1. The van der Waals surface area contributed by atoms with E-state index in [2.05, 4.69) is 31.3 Å². The summed E-state index contributed by atoms with van der Waals surface area (Å²) in [7, 11) is -4.32. The van der Waals surface area contributed by atoms with Crippen molar-refractivity contribution in [1.82, 2.24) is 5.32 Å². The van der Waals surface area contributed by atoms with E-state index in [0.717, 1.165) is 51.4 Å². The fraction of sp³-hybridized carbons (Fsp3) is 0.848. The molecular formula is C33H65N2O6P. The van der Waals surface area contributed by atoms with E-state index < -0.39 is 20.0 Å². The molecule has 0 aromatic rings. The van der Waals surface area contributed by atoms with Crippen LogP contribution in [0, 0.1) is 0 Å². The van der Waals surface area contributed by atoms with E-state index in [-0.39, 0.29) is 25.7 Å². The van der Waals surface area contributed by atoms with Gasteiger partial charge in [-0.25, -0.2) is 4.57 Å². The van der Waals surface area contributed by atoms with Crippen molar-refractivity contribution in [2.75, 3.05) is 19.8 Å². The Kier molecular flexibility index (Phi) is 29.3. The monoisotopic (exact) mass is 616 g/mol. The fourth-order valence-electron chi connectivity index (χ4n) is 4.65. The van der Waals surface area contributed by atoms with Crippen LogP contribution in [0.2, 0.25) is 0 Å². The number of aliphatic hydroxyl groups is 1. The van der Waals surface area contributed by atoms with Crippen molar-refractivity contribution in [3.8, 4) is 0 Å². The Morgan fingerprint density at radius 1 is 0.762 bits per heavy atom. The van der Waals surface area contributed by atoms with Crippen molar-refractivity contribution in [2.24, 2.45) is 5.73 Å². The van der Waals surface area contributed by atoms with Gasteiger partial charge >= 0.3 is 7.82 Å². The minimum absolute atomic E-state index is 0.0773. The quantitative estimate of drug-likeness (QED) is 0.0350. The molecule has 0 fully saturated rings. The predicted molar refractivity (Wildman–Crippen MR) is 175 cm³/mol. The lowest BCUT2D eigenvalue weighted by atomic mass is 10.1. The van der Waals surface area contributed by atoms with Gasteiger partial charge in [-0.3, -0.25) is 13.8 Å². The molecule has 0 aliphatic carbocycles. The lowest BCUT2D eigenvalue weighted by molar-refractivity contribution is -0.123. The van der Waals surface area contributed by atoms with Crippen LogP contribution in [0.5, 0.6) is 0 Å². The molecule has 3 atom stereocenters. The van der Waals surface area contributed by atoms with Crippen LogP contribution in [0.25, 0.3) is 0 Å². The molecule has 0 spiro atoms. The van der Waals surface area contributed by atoms with Crippen molar-refractivity contribution in [3.63, 3.8) is 0 Å². The van der Waals surface area contributed by atoms with Gasteiger partial charge in [0, 0.05) is 13.0 Å². The smallest absolute Gasteiger partial charge is 0.387 e. The summed E-state index contributed by atoms with van der Waals surface area (Å²) in [5.41, 5.74) is 5.33. The zero-order valence-electron chi connectivity index (χ0n) is 27.0. The fourth-order valence-corrected chi connectivity index (χ4v) is 5.41. The van der Waals surface area contributed by atoms with Crippen LogP contribution in [0.1, 0.15) is 149 Å². The molecule has 9 heteroatoms. The standard InChI is InChI=1S/C33H65N2O6P/c1-3-5-7-9-11-13-14-15-16-17-19-21-23-25-27-33(37)35-31(30-41-42(38,39)40-29-28-34)32(36)26-24-22-20-18-12-10-8-6-4-2/h14-15,24,26,31-32,36H,3-13,16-23,25,27-30,34H2,1-2H3,(H,35,37)(H,38,39)/b15-14-,26-24+. The first kappa shape index (κ1) is 41.0. The van der Waals surface area contributed by atoms with Crippen LogP contribution < -0.4 is 11.1 Å². The number of nitrogens with two attached hydrogens (primary N) is 1.